The number of hydrogen-bond donors (Lipinski definition) is 2. The lowest BCUT2D eigenvalue weighted by Gasteiger charge is -2.00. The third-order valence-electron chi connectivity index (χ3n) is 0.947. The Kier molecular flexibility index (Phi) is 3.75. The van der Waals surface area contributed by atoms with Gasteiger partial charge in [0, 0.05) is 0 Å². The summed E-state index contributed by atoms with van der Waals surface area (Å²) < 4.78 is 0. The Morgan fingerprint density at radius 3 is 2.36 bits per heavy atom. The molecule has 0 aromatic heterocycles. The van der Waals surface area contributed by atoms with Crippen LogP contribution in [0.25, 0.3) is 0 Å². The van der Waals surface area contributed by atoms with Gasteiger partial charge in [-0.25, -0.2) is 0 Å². The van der Waals surface area contributed by atoms with Crippen molar-refractivity contribution in [3.8, 4) is 0 Å². The second-order valence-corrected chi connectivity index (χ2v) is 1.72. The van der Waals surface area contributed by atoms with Gasteiger partial charge in [0.15, 0.2) is 6.04 Å². The van der Waals surface area contributed by atoms with E-state index in [1.807, 2.05) is 0 Å². The molecule has 0 aliphatic carbocycles. The Hall–Kier alpha value is -1.50. The largest absolute Gasteiger partial charge is 0.373 e. The van der Waals surface area contributed by atoms with E-state index >= 15 is 0 Å². The molecule has 0 rings (SSSR count). The molecule has 0 aliphatic heterocycles. The van der Waals surface area contributed by atoms with E-state index in [4.69, 9.17) is 0 Å². The highest BCUT2D eigenvalue weighted by molar-refractivity contribution is 5.85. The molecule has 1 amide bonds. The number of nitroso groups, excluding NO2 is 1. The lowest BCUT2D eigenvalue weighted by molar-refractivity contribution is -0.145. The van der Waals surface area contributed by atoms with Crippen LogP contribution in [0.5, 0.6) is 0 Å². The molecule has 0 aromatic rings. The first-order valence-corrected chi connectivity index (χ1v) is 2.63. The maximum absolute atomic E-state index is 10.3. The fourth-order valence-electron chi connectivity index (χ4n) is 0.396. The number of amides is 1. The zero-order chi connectivity index (χ0) is 8.85. The van der Waals surface area contributed by atoms with Crippen molar-refractivity contribution in [3.63, 3.8) is 0 Å². The molecule has 0 bridgehead atoms. The first-order chi connectivity index (χ1) is 5.11. The molecule has 62 valence electrons. The van der Waals surface area contributed by atoms with Crippen LogP contribution in [0.4, 0.5) is 0 Å². The van der Waals surface area contributed by atoms with Crippen molar-refractivity contribution in [1.82, 2.24) is 0 Å². The van der Waals surface area contributed by atoms with Gasteiger partial charge in [0.2, 0.25) is 5.91 Å². The van der Waals surface area contributed by atoms with Gasteiger partial charge in [0.1, 0.15) is 0 Å². The van der Waals surface area contributed by atoms with Crippen LogP contribution in [-0.2, 0) is 14.4 Å². The van der Waals surface area contributed by atoms with Crippen molar-refractivity contribution in [2.45, 2.75) is 12.5 Å². The molecule has 11 heavy (non-hydrogen) atoms. The van der Waals surface area contributed by atoms with E-state index in [0.717, 1.165) is 0 Å². The number of carbonyl (C=O) groups excluding carboxylic acids is 2. The zero-order valence-electron chi connectivity index (χ0n) is 5.52. The highest BCUT2D eigenvalue weighted by atomic mass is 16.7. The second-order valence-electron chi connectivity index (χ2n) is 1.72. The van der Waals surface area contributed by atoms with Crippen LogP contribution in [0.3, 0.4) is 0 Å². The number of carbonyl (C=O) groups is 2. The van der Waals surface area contributed by atoms with Crippen LogP contribution in [0.1, 0.15) is 6.42 Å². The Bertz CT molecular complexity index is 180. The van der Waals surface area contributed by atoms with Gasteiger partial charge in [0.05, 0.1) is 6.42 Å². The van der Waals surface area contributed by atoms with Crippen LogP contribution in [0, 0.1) is 4.91 Å². The molecule has 0 aliphatic rings. The summed E-state index contributed by atoms with van der Waals surface area (Å²) in [7, 11) is 0. The van der Waals surface area contributed by atoms with Gasteiger partial charge in [-0.1, -0.05) is 5.18 Å². The van der Waals surface area contributed by atoms with Gasteiger partial charge in [-0.2, -0.15) is 5.90 Å². The summed E-state index contributed by atoms with van der Waals surface area (Å²) in [4.78, 5) is 34.1. The fraction of sp³-hybridized carbons (Fsp3) is 0.500. The maximum atomic E-state index is 10.3. The van der Waals surface area contributed by atoms with Crippen LogP contribution in [0.2, 0.25) is 0 Å². The summed E-state index contributed by atoms with van der Waals surface area (Å²) in [5.74, 6) is 2.54. The average Bonchev–Trinajstić information content (AvgIpc) is 1.99. The summed E-state index contributed by atoms with van der Waals surface area (Å²) >= 11 is 0. The molecule has 0 saturated heterocycles. The quantitative estimate of drug-likeness (QED) is 0.380. The van der Waals surface area contributed by atoms with Gasteiger partial charge in [-0.3, -0.25) is 9.59 Å². The number of nitrogens with two attached hydrogens (primary N) is 2. The van der Waals surface area contributed by atoms with Crippen LogP contribution in [-0.4, -0.2) is 17.9 Å². The zero-order valence-corrected chi connectivity index (χ0v) is 5.52. The molecule has 0 spiro atoms. The number of hydrogen-bond acceptors (Lipinski definition) is 6. The minimum Gasteiger partial charge on any atom is -0.373 e. The van der Waals surface area contributed by atoms with Crippen LogP contribution in [0.15, 0.2) is 5.18 Å². The molecule has 0 heterocycles. The Balaban J connectivity index is 3.98. The van der Waals surface area contributed by atoms with Crippen LogP contribution < -0.4 is 11.6 Å². The summed E-state index contributed by atoms with van der Waals surface area (Å²) in [6, 6.07) is -1.40. The fourth-order valence-corrected chi connectivity index (χ4v) is 0.396. The molecule has 7 nitrogen and oxygen atoms in total. The first-order valence-electron chi connectivity index (χ1n) is 2.63. The van der Waals surface area contributed by atoms with E-state index in [1.54, 1.807) is 0 Å². The standard InChI is InChI=1S/C4H7N3O4/c5-4(9)2(7-10)1-3(8)11-6/h2H,1,6H2,(H2,5,9). The molecule has 4 N–H and O–H groups in total. The van der Waals surface area contributed by atoms with Gasteiger partial charge in [-0.15, -0.1) is 4.91 Å². The number of nitrogens with zero attached hydrogens (tertiary/aromatic N) is 1. The predicted molar refractivity (Wildman–Crippen MR) is 33.7 cm³/mol. The maximum Gasteiger partial charge on any atom is 0.327 e. The third kappa shape index (κ3) is 3.26. The van der Waals surface area contributed by atoms with E-state index < -0.39 is 24.3 Å². The van der Waals surface area contributed by atoms with Crippen molar-refractivity contribution in [3.05, 3.63) is 4.91 Å². The average molecular weight is 161 g/mol. The molecule has 0 saturated carbocycles. The molecule has 0 fully saturated rings. The SMILES string of the molecule is NOC(=O)CC(N=O)C(N)=O. The smallest absolute Gasteiger partial charge is 0.327 e. The Morgan fingerprint density at radius 2 is 2.09 bits per heavy atom. The van der Waals surface area contributed by atoms with E-state index in [0.29, 0.717) is 0 Å². The molecular formula is C4H7N3O4. The Morgan fingerprint density at radius 1 is 1.55 bits per heavy atom. The number of primary amides is 1. The van der Waals surface area contributed by atoms with Crippen LogP contribution >= 0.6 is 0 Å². The van der Waals surface area contributed by atoms with Gasteiger partial charge < -0.3 is 10.6 Å². The molecule has 1 atom stereocenters. The van der Waals surface area contributed by atoms with E-state index in [1.165, 1.54) is 0 Å². The monoisotopic (exact) mass is 161 g/mol. The van der Waals surface area contributed by atoms with Crippen molar-refractivity contribution >= 4 is 11.9 Å². The van der Waals surface area contributed by atoms with Crippen molar-refractivity contribution in [2.24, 2.45) is 16.8 Å². The summed E-state index contributed by atoms with van der Waals surface area (Å²) in [5, 5.41) is 2.29. The lowest BCUT2D eigenvalue weighted by atomic mass is 10.2. The van der Waals surface area contributed by atoms with Gasteiger partial charge in [-0.05, 0) is 0 Å². The van der Waals surface area contributed by atoms with Crippen molar-refractivity contribution in [1.29, 1.82) is 0 Å². The lowest BCUT2D eigenvalue weighted by Crippen LogP contribution is -2.30. The predicted octanol–water partition coefficient (Wildman–Crippen LogP) is -1.59. The van der Waals surface area contributed by atoms with Gasteiger partial charge in [0.25, 0.3) is 0 Å². The molecule has 7 heteroatoms. The summed E-state index contributed by atoms with van der Waals surface area (Å²) in [6.45, 7) is 0. The highest BCUT2D eigenvalue weighted by Crippen LogP contribution is 1.96. The summed E-state index contributed by atoms with van der Waals surface area (Å²) in [6.07, 6.45) is -0.519. The van der Waals surface area contributed by atoms with Crippen molar-refractivity contribution in [2.75, 3.05) is 0 Å². The number of rotatable bonds is 4. The van der Waals surface area contributed by atoms with E-state index in [9.17, 15) is 14.5 Å². The third-order valence-corrected chi connectivity index (χ3v) is 0.947. The highest BCUT2D eigenvalue weighted by Gasteiger charge is 2.20. The van der Waals surface area contributed by atoms with Gasteiger partial charge >= 0.3 is 5.97 Å². The first kappa shape index (κ1) is 9.50. The Labute approximate surface area is 61.6 Å². The minimum absolute atomic E-state index is 0.519. The van der Waals surface area contributed by atoms with Crippen molar-refractivity contribution < 1.29 is 14.4 Å². The van der Waals surface area contributed by atoms with E-state index in [-0.39, 0.29) is 0 Å². The summed E-state index contributed by atoms with van der Waals surface area (Å²) in [5.41, 5.74) is 4.67. The normalized spacial score (nSPS) is 11.7. The minimum atomic E-state index is -1.40. The molecule has 0 aromatic carbocycles. The topological polar surface area (TPSA) is 125 Å². The molecule has 1 unspecified atom stereocenters. The van der Waals surface area contributed by atoms with E-state index in [2.05, 4.69) is 21.6 Å². The molecular weight excluding hydrogens is 154 g/mol. The second kappa shape index (κ2) is 4.34. The molecule has 0 radical (unpaired) electrons.